The van der Waals surface area contributed by atoms with E-state index >= 15 is 0 Å². The van der Waals surface area contributed by atoms with Crippen molar-refractivity contribution < 1.29 is 17.9 Å². The van der Waals surface area contributed by atoms with Gasteiger partial charge in [-0.05, 0) is 24.8 Å². The molecule has 0 aromatic carbocycles. The summed E-state index contributed by atoms with van der Waals surface area (Å²) in [5, 5.41) is 10.9. The second-order valence-electron chi connectivity index (χ2n) is 4.97. The van der Waals surface area contributed by atoms with Crippen LogP contribution in [0.4, 0.5) is 0 Å². The molecule has 0 saturated carbocycles. The third-order valence-electron chi connectivity index (χ3n) is 3.45. The van der Waals surface area contributed by atoms with E-state index in [-0.39, 0.29) is 10.3 Å². The quantitative estimate of drug-likeness (QED) is 0.465. The number of hydrogen-bond acceptors (Lipinski definition) is 4. The average molecular weight is 319 g/mol. The predicted molar refractivity (Wildman–Crippen MR) is 72.7 cm³/mol. The molecule has 0 N–H and O–H groups in total. The van der Waals surface area contributed by atoms with Gasteiger partial charge in [0.05, 0.1) is 0 Å². The van der Waals surface area contributed by atoms with Gasteiger partial charge in [0.15, 0.2) is 6.20 Å². The van der Waals surface area contributed by atoms with Gasteiger partial charge >= 0.3 is 14.1 Å². The molecule has 110 valence electrons. The highest BCUT2D eigenvalue weighted by Crippen LogP contribution is 2.21. The topological polar surface area (TPSA) is 81.4 Å². The number of rotatable bonds is 2. The maximum absolute atomic E-state index is 12.4. The molecule has 8 heteroatoms. The fourth-order valence-corrected chi connectivity index (χ4v) is 3.41. The molecule has 1 saturated heterocycles. The van der Waals surface area contributed by atoms with Crippen LogP contribution in [0.3, 0.4) is 0 Å². The molecule has 0 aliphatic carbocycles. The predicted octanol–water partition coefficient (Wildman–Crippen LogP) is 1.12. The lowest BCUT2D eigenvalue weighted by molar-refractivity contribution is -0.646. The van der Waals surface area contributed by atoms with Crippen LogP contribution in [0, 0.1) is 11.1 Å². The van der Waals surface area contributed by atoms with Crippen LogP contribution in [0.2, 0.25) is 0 Å². The van der Waals surface area contributed by atoms with E-state index in [0.717, 1.165) is 19.0 Å². The van der Waals surface area contributed by atoms with Crippen molar-refractivity contribution >= 4 is 25.6 Å². The number of amides is 1. The lowest BCUT2D eigenvalue weighted by atomic mass is 9.99. The van der Waals surface area contributed by atoms with Gasteiger partial charge in [0.2, 0.25) is 0 Å². The SMILES string of the molecule is CC1CCN(C(=O)c2ccc[n+]([O-])c2S(=O)(=O)Cl)CC1. The number of likely N-dealkylation sites (tertiary alicyclic amines) is 1. The highest BCUT2D eigenvalue weighted by atomic mass is 35.7. The van der Waals surface area contributed by atoms with Gasteiger partial charge in [-0.15, -0.1) is 0 Å². The highest BCUT2D eigenvalue weighted by molar-refractivity contribution is 8.13. The second-order valence-corrected chi connectivity index (χ2v) is 7.45. The fourth-order valence-electron chi connectivity index (χ4n) is 2.26. The van der Waals surface area contributed by atoms with Crippen molar-refractivity contribution in [3.63, 3.8) is 0 Å². The molecule has 2 heterocycles. The van der Waals surface area contributed by atoms with Crippen molar-refractivity contribution in [2.75, 3.05) is 13.1 Å². The number of aromatic nitrogens is 1. The summed E-state index contributed by atoms with van der Waals surface area (Å²) in [6.45, 7) is 3.20. The Balaban J connectivity index is 2.38. The Morgan fingerprint density at radius 2 is 2.05 bits per heavy atom. The minimum Gasteiger partial charge on any atom is -0.618 e. The van der Waals surface area contributed by atoms with E-state index in [1.54, 1.807) is 4.90 Å². The van der Waals surface area contributed by atoms with Crippen LogP contribution < -0.4 is 4.73 Å². The largest absolute Gasteiger partial charge is 0.618 e. The Bertz CT molecular complexity index is 624. The van der Waals surface area contributed by atoms with Gasteiger partial charge in [-0.1, -0.05) is 6.92 Å². The van der Waals surface area contributed by atoms with Crippen molar-refractivity contribution in [2.45, 2.75) is 24.8 Å². The molecule has 1 aliphatic heterocycles. The molecular formula is C12H15ClN2O4S. The number of nitrogens with zero attached hydrogens (tertiary/aromatic N) is 2. The molecule has 0 spiro atoms. The van der Waals surface area contributed by atoms with Crippen LogP contribution in [0.1, 0.15) is 30.1 Å². The molecule has 0 radical (unpaired) electrons. The van der Waals surface area contributed by atoms with E-state index in [4.69, 9.17) is 10.7 Å². The van der Waals surface area contributed by atoms with Crippen LogP contribution >= 0.6 is 10.7 Å². The van der Waals surface area contributed by atoms with Crippen LogP contribution in [0.5, 0.6) is 0 Å². The van der Waals surface area contributed by atoms with Crippen LogP contribution in [0.15, 0.2) is 23.4 Å². The zero-order chi connectivity index (χ0) is 14.9. The maximum Gasteiger partial charge on any atom is 0.336 e. The standard InChI is InChI=1S/C12H15ClN2O4S/c1-9-4-7-14(8-5-9)11(16)10-3-2-6-15(17)12(10)20(13,18)19/h2-3,6,9H,4-5,7-8H2,1H3. The molecule has 1 aromatic rings. The lowest BCUT2D eigenvalue weighted by Gasteiger charge is -2.30. The van der Waals surface area contributed by atoms with E-state index in [1.165, 1.54) is 12.1 Å². The monoisotopic (exact) mass is 318 g/mol. The maximum atomic E-state index is 12.4. The van der Waals surface area contributed by atoms with Gasteiger partial charge in [-0.3, -0.25) is 4.79 Å². The number of piperidine rings is 1. The Morgan fingerprint density at radius 1 is 1.45 bits per heavy atom. The van der Waals surface area contributed by atoms with Crippen molar-refractivity contribution in [1.29, 1.82) is 0 Å². The van der Waals surface area contributed by atoms with Gasteiger partial charge in [0.25, 0.3) is 5.91 Å². The Kier molecular flexibility index (Phi) is 4.19. The molecule has 2 rings (SSSR count). The van der Waals surface area contributed by atoms with Crippen molar-refractivity contribution in [3.05, 3.63) is 29.1 Å². The first-order valence-electron chi connectivity index (χ1n) is 6.27. The van der Waals surface area contributed by atoms with E-state index < -0.39 is 20.0 Å². The fraction of sp³-hybridized carbons (Fsp3) is 0.500. The molecule has 1 amide bonds. The summed E-state index contributed by atoms with van der Waals surface area (Å²) in [6.07, 6.45) is 2.72. The van der Waals surface area contributed by atoms with E-state index in [0.29, 0.717) is 19.0 Å². The Labute approximate surface area is 122 Å². The zero-order valence-corrected chi connectivity index (χ0v) is 12.5. The third kappa shape index (κ3) is 3.04. The summed E-state index contributed by atoms with van der Waals surface area (Å²) in [7, 11) is 0.972. The first-order chi connectivity index (χ1) is 9.30. The molecule has 0 bridgehead atoms. The summed E-state index contributed by atoms with van der Waals surface area (Å²) >= 11 is 0. The van der Waals surface area contributed by atoms with Crippen LogP contribution in [-0.2, 0) is 9.05 Å². The number of pyridine rings is 1. The number of carbonyl (C=O) groups excluding carboxylic acids is 1. The normalized spacial score (nSPS) is 17.2. The minimum absolute atomic E-state index is 0.113. The summed E-state index contributed by atoms with van der Waals surface area (Å²) in [6, 6.07) is 2.64. The molecule has 1 fully saturated rings. The number of halogens is 1. The first kappa shape index (κ1) is 15.1. The van der Waals surface area contributed by atoms with Gasteiger partial charge < -0.3 is 10.1 Å². The van der Waals surface area contributed by atoms with Crippen molar-refractivity contribution in [3.8, 4) is 0 Å². The lowest BCUT2D eigenvalue weighted by Crippen LogP contribution is -2.41. The highest BCUT2D eigenvalue weighted by Gasteiger charge is 2.33. The van der Waals surface area contributed by atoms with E-state index in [1.807, 2.05) is 0 Å². The summed E-state index contributed by atoms with van der Waals surface area (Å²) in [5.74, 6) is 0.0665. The van der Waals surface area contributed by atoms with Gasteiger partial charge in [0, 0.05) is 29.8 Å². The zero-order valence-electron chi connectivity index (χ0n) is 11.0. The molecule has 6 nitrogen and oxygen atoms in total. The van der Waals surface area contributed by atoms with Crippen molar-refractivity contribution in [1.82, 2.24) is 4.90 Å². The van der Waals surface area contributed by atoms with Gasteiger partial charge in [-0.25, -0.2) is 8.42 Å². The molecule has 0 atom stereocenters. The van der Waals surface area contributed by atoms with Gasteiger partial charge in [0.1, 0.15) is 5.56 Å². The van der Waals surface area contributed by atoms with Crippen LogP contribution in [-0.4, -0.2) is 32.3 Å². The van der Waals surface area contributed by atoms with Crippen molar-refractivity contribution in [2.24, 2.45) is 5.92 Å². The first-order valence-corrected chi connectivity index (χ1v) is 8.57. The summed E-state index contributed by atoms with van der Waals surface area (Å²) in [4.78, 5) is 13.9. The average Bonchev–Trinajstić information content (AvgIpc) is 2.37. The van der Waals surface area contributed by atoms with E-state index in [9.17, 15) is 18.4 Å². The van der Waals surface area contributed by atoms with E-state index in [2.05, 4.69) is 6.92 Å². The summed E-state index contributed by atoms with van der Waals surface area (Å²) in [5.41, 5.74) is -0.174. The third-order valence-corrected chi connectivity index (χ3v) is 4.75. The number of carbonyl (C=O) groups is 1. The minimum atomic E-state index is -4.28. The number of hydrogen-bond donors (Lipinski definition) is 0. The molecule has 1 aliphatic rings. The Hall–Kier alpha value is -1.34. The second kappa shape index (κ2) is 5.57. The molecular weight excluding hydrogens is 304 g/mol. The molecule has 0 unspecified atom stereocenters. The van der Waals surface area contributed by atoms with Gasteiger partial charge in [-0.2, -0.15) is 4.73 Å². The molecule has 20 heavy (non-hydrogen) atoms. The Morgan fingerprint density at radius 3 is 2.60 bits per heavy atom. The van der Waals surface area contributed by atoms with Crippen LogP contribution in [0.25, 0.3) is 0 Å². The smallest absolute Gasteiger partial charge is 0.336 e. The summed E-state index contributed by atoms with van der Waals surface area (Å²) < 4.78 is 23.1. The molecule has 1 aromatic heterocycles.